The Labute approximate surface area is 291 Å². The number of rotatable bonds is 14. The number of hydrogen-bond donors (Lipinski definition) is 1. The predicted octanol–water partition coefficient (Wildman–Crippen LogP) is 9.06. The number of pyridine rings is 1. The molecule has 0 saturated heterocycles. The summed E-state index contributed by atoms with van der Waals surface area (Å²) in [6, 6.07) is 2.36. The quantitative estimate of drug-likeness (QED) is 0.168. The summed E-state index contributed by atoms with van der Waals surface area (Å²) < 4.78 is 118. The highest BCUT2D eigenvalue weighted by molar-refractivity contribution is 5.84. The van der Waals surface area contributed by atoms with Crippen LogP contribution in [-0.4, -0.2) is 46.5 Å². The van der Waals surface area contributed by atoms with Gasteiger partial charge in [-0.05, 0) is 87.0 Å². The molecule has 3 rings (SSSR count). The zero-order valence-electron chi connectivity index (χ0n) is 29.5. The van der Waals surface area contributed by atoms with Crippen molar-refractivity contribution in [2.75, 3.05) is 20.1 Å². The molecule has 51 heavy (non-hydrogen) atoms. The van der Waals surface area contributed by atoms with Gasteiger partial charge in [-0.25, -0.2) is 8.78 Å². The van der Waals surface area contributed by atoms with E-state index in [1.165, 1.54) is 6.92 Å². The lowest BCUT2D eigenvalue weighted by Crippen LogP contribution is -2.34. The monoisotopic (exact) mass is 730 g/mol. The fourth-order valence-corrected chi connectivity index (χ4v) is 6.25. The van der Waals surface area contributed by atoms with E-state index in [1.54, 1.807) is 58.7 Å². The third kappa shape index (κ3) is 9.63. The van der Waals surface area contributed by atoms with Gasteiger partial charge in [0.2, 0.25) is 0 Å². The van der Waals surface area contributed by atoms with Gasteiger partial charge in [-0.2, -0.15) is 26.3 Å². The van der Waals surface area contributed by atoms with Gasteiger partial charge in [-0.1, -0.05) is 32.9 Å². The molecule has 0 spiro atoms. The number of nitrogens with zero attached hydrogens (tertiary/aromatic N) is 2. The van der Waals surface area contributed by atoms with Crippen LogP contribution in [0.3, 0.4) is 0 Å². The molecule has 1 N–H and O–H groups in total. The molecule has 0 radical (unpaired) electrons. The average Bonchev–Trinajstić information content (AvgIpc) is 3.00. The van der Waals surface area contributed by atoms with Crippen molar-refractivity contribution in [2.24, 2.45) is 5.92 Å². The normalized spacial score (nSPS) is 13.6. The maximum absolute atomic E-state index is 16.5. The smallest absolute Gasteiger partial charge is 0.419 e. The fraction of sp³-hybridized carbons (Fsp3) is 0.486. The molecular formula is C37H42F8N2O4. The lowest BCUT2D eigenvalue weighted by molar-refractivity contribution is -0.140. The molecule has 0 fully saturated rings. The number of carboxylic acid groups (broad SMARTS) is 1. The minimum Gasteiger partial charge on any atom is -0.481 e. The standard InChI is InChI=1S/C37H42F8N2O4/c1-8-46(7)12-11-23-18-47(30(49)17-26(23)36(40,41)42)28(13-19(2)3)29(48)14-24(15-31(50)51)33-34(38)25(16-27(35(33)39)37(43,44)45)32-21(5)10-9-20(4)22(32)6/h9-10,16-19,24,28H,8,11-15H2,1-7H3,(H,50,51)/t24-,28?/m0/s1. The van der Waals surface area contributed by atoms with E-state index in [1.807, 2.05) is 0 Å². The average molecular weight is 731 g/mol. The van der Waals surface area contributed by atoms with Crippen molar-refractivity contribution in [1.82, 2.24) is 9.47 Å². The van der Waals surface area contributed by atoms with E-state index in [-0.39, 0.29) is 36.4 Å². The lowest BCUT2D eigenvalue weighted by atomic mass is 9.82. The number of benzene rings is 2. The molecule has 2 aromatic carbocycles. The number of carbonyl (C=O) groups is 2. The van der Waals surface area contributed by atoms with E-state index in [2.05, 4.69) is 0 Å². The summed E-state index contributed by atoms with van der Waals surface area (Å²) in [6.45, 7) is 10.5. The van der Waals surface area contributed by atoms with Crippen molar-refractivity contribution in [1.29, 1.82) is 0 Å². The van der Waals surface area contributed by atoms with Gasteiger partial charge in [-0.15, -0.1) is 0 Å². The van der Waals surface area contributed by atoms with E-state index in [0.717, 1.165) is 10.8 Å². The second-order valence-electron chi connectivity index (χ2n) is 13.4. The first-order valence-electron chi connectivity index (χ1n) is 16.4. The Kier molecular flexibility index (Phi) is 13.0. The summed E-state index contributed by atoms with van der Waals surface area (Å²) in [6.07, 6.45) is -11.9. The van der Waals surface area contributed by atoms with Crippen LogP contribution < -0.4 is 5.56 Å². The summed E-state index contributed by atoms with van der Waals surface area (Å²) in [7, 11) is 1.68. The van der Waals surface area contributed by atoms with Crippen molar-refractivity contribution in [2.45, 2.75) is 91.5 Å². The number of aliphatic carboxylic acids is 1. The molecule has 6 nitrogen and oxygen atoms in total. The number of aryl methyl sites for hydroxylation is 2. The number of Topliss-reactive ketones (excluding diaryl/α,β-unsaturated/α-hetero) is 1. The fourth-order valence-electron chi connectivity index (χ4n) is 6.25. The van der Waals surface area contributed by atoms with Gasteiger partial charge < -0.3 is 14.6 Å². The van der Waals surface area contributed by atoms with Crippen LogP contribution in [0, 0.1) is 38.3 Å². The summed E-state index contributed by atoms with van der Waals surface area (Å²) in [5, 5.41) is 9.75. The summed E-state index contributed by atoms with van der Waals surface area (Å²) in [5.74, 6) is -8.59. The lowest BCUT2D eigenvalue weighted by Gasteiger charge is -2.26. The maximum atomic E-state index is 16.5. The van der Waals surface area contributed by atoms with Gasteiger partial charge in [0.05, 0.1) is 23.6 Å². The Hall–Kier alpha value is -4.07. The molecule has 0 aliphatic heterocycles. The largest absolute Gasteiger partial charge is 0.481 e. The molecule has 14 heteroatoms. The van der Waals surface area contributed by atoms with Crippen molar-refractivity contribution in [3.8, 4) is 11.1 Å². The highest BCUT2D eigenvalue weighted by Gasteiger charge is 2.41. The van der Waals surface area contributed by atoms with Gasteiger partial charge in [0.15, 0.2) is 5.78 Å². The van der Waals surface area contributed by atoms with Crippen LogP contribution in [0.2, 0.25) is 0 Å². The molecule has 2 atom stereocenters. The van der Waals surface area contributed by atoms with E-state index >= 15 is 8.78 Å². The summed E-state index contributed by atoms with van der Waals surface area (Å²) in [4.78, 5) is 41.0. The van der Waals surface area contributed by atoms with Crippen LogP contribution in [0.15, 0.2) is 35.3 Å². The topological polar surface area (TPSA) is 79.6 Å². The van der Waals surface area contributed by atoms with E-state index in [9.17, 15) is 45.8 Å². The van der Waals surface area contributed by atoms with Crippen LogP contribution in [0.25, 0.3) is 11.1 Å². The third-order valence-electron chi connectivity index (χ3n) is 9.20. The van der Waals surface area contributed by atoms with Gasteiger partial charge >= 0.3 is 18.3 Å². The summed E-state index contributed by atoms with van der Waals surface area (Å²) in [5.41, 5.74) is -5.09. The Morgan fingerprint density at radius 2 is 1.49 bits per heavy atom. The highest BCUT2D eigenvalue weighted by atomic mass is 19.4. The molecule has 0 aliphatic carbocycles. The molecule has 0 bridgehead atoms. The number of likely N-dealkylation sites (N-methyl/N-ethyl adjacent to an activating group) is 1. The van der Waals surface area contributed by atoms with Crippen LogP contribution in [0.1, 0.15) is 90.9 Å². The first-order valence-corrected chi connectivity index (χ1v) is 16.4. The molecule has 280 valence electrons. The maximum Gasteiger partial charge on any atom is 0.419 e. The number of halogens is 8. The first-order chi connectivity index (χ1) is 23.5. The van der Waals surface area contributed by atoms with Crippen LogP contribution >= 0.6 is 0 Å². The molecule has 1 unspecified atom stereocenters. The molecule has 3 aromatic rings. The van der Waals surface area contributed by atoms with Gasteiger partial charge in [-0.3, -0.25) is 14.4 Å². The zero-order valence-corrected chi connectivity index (χ0v) is 29.5. The van der Waals surface area contributed by atoms with E-state index in [4.69, 9.17) is 0 Å². The van der Waals surface area contributed by atoms with Gasteiger partial charge in [0.1, 0.15) is 11.6 Å². The highest BCUT2D eigenvalue weighted by Crippen LogP contribution is 2.44. The Balaban J connectivity index is 2.29. The van der Waals surface area contributed by atoms with Gasteiger partial charge in [0.25, 0.3) is 5.56 Å². The van der Waals surface area contributed by atoms with Crippen LogP contribution in [-0.2, 0) is 28.4 Å². The van der Waals surface area contributed by atoms with Crippen molar-refractivity contribution < 1.29 is 49.8 Å². The number of carbonyl (C=O) groups excluding carboxylic acids is 1. The van der Waals surface area contributed by atoms with E-state index in [0.29, 0.717) is 35.4 Å². The molecular weight excluding hydrogens is 688 g/mol. The molecule has 1 aromatic heterocycles. The van der Waals surface area contributed by atoms with Crippen LogP contribution in [0.5, 0.6) is 0 Å². The molecule has 1 heterocycles. The first kappa shape index (κ1) is 41.4. The van der Waals surface area contributed by atoms with Gasteiger partial charge in [0, 0.05) is 42.3 Å². The second-order valence-corrected chi connectivity index (χ2v) is 13.4. The Bertz CT molecular complexity index is 1830. The molecule has 0 aliphatic rings. The SMILES string of the molecule is CCN(C)CCc1cn(C(CC(C)C)C(=O)C[C@@H](CC(=O)O)c2c(F)c(-c3c(C)ccc(C)c3C)cc(C(F)(F)F)c2F)c(=O)cc1C(F)(F)F. The Morgan fingerprint density at radius 1 is 0.902 bits per heavy atom. The van der Waals surface area contributed by atoms with Crippen molar-refractivity contribution in [3.05, 3.63) is 91.4 Å². The Morgan fingerprint density at radius 3 is 2.02 bits per heavy atom. The molecule has 0 saturated carbocycles. The number of aromatic nitrogens is 1. The zero-order chi connectivity index (χ0) is 38.7. The van der Waals surface area contributed by atoms with E-state index < -0.39 is 88.4 Å². The number of hydrogen-bond acceptors (Lipinski definition) is 4. The van der Waals surface area contributed by atoms with Crippen molar-refractivity contribution in [3.63, 3.8) is 0 Å². The van der Waals surface area contributed by atoms with Crippen molar-refractivity contribution >= 4 is 11.8 Å². The number of carboxylic acids is 1. The van der Waals surface area contributed by atoms with Crippen LogP contribution in [0.4, 0.5) is 35.1 Å². The number of alkyl halides is 6. The minimum atomic E-state index is -5.35. The minimum absolute atomic E-state index is 0.0369. The third-order valence-corrected chi connectivity index (χ3v) is 9.20. The second kappa shape index (κ2) is 16.1. The summed E-state index contributed by atoms with van der Waals surface area (Å²) >= 11 is 0. The molecule has 0 amide bonds. The number of ketones is 1. The predicted molar refractivity (Wildman–Crippen MR) is 177 cm³/mol.